The van der Waals surface area contributed by atoms with Crippen LogP contribution in [0.4, 0.5) is 11.5 Å². The van der Waals surface area contributed by atoms with E-state index >= 15 is 0 Å². The number of hydrogen-bond acceptors (Lipinski definition) is 9. The van der Waals surface area contributed by atoms with E-state index in [0.717, 1.165) is 83.3 Å². The minimum absolute atomic E-state index is 0.404. The molecule has 0 saturated carbocycles. The molecular weight excluding hydrogens is 654 g/mol. The van der Waals surface area contributed by atoms with Gasteiger partial charge in [-0.2, -0.15) is 15.3 Å². The van der Waals surface area contributed by atoms with Gasteiger partial charge in [-0.3, -0.25) is 14.9 Å². The van der Waals surface area contributed by atoms with E-state index in [4.69, 9.17) is 30.8 Å². The van der Waals surface area contributed by atoms with Crippen molar-refractivity contribution in [1.29, 1.82) is 0 Å². The fraction of sp³-hybridized carbons (Fsp3) is 0.108. The third-order valence-electron chi connectivity index (χ3n) is 8.48. The molecule has 0 saturated heterocycles. The van der Waals surface area contributed by atoms with E-state index in [-0.39, 0.29) is 0 Å². The normalized spacial score (nSPS) is 11.3. The number of H-pyrrole nitrogens is 2. The fourth-order valence-electron chi connectivity index (χ4n) is 5.93. The van der Waals surface area contributed by atoms with Crippen molar-refractivity contribution in [1.82, 2.24) is 40.1 Å². The minimum atomic E-state index is 0.404. The van der Waals surface area contributed by atoms with Crippen molar-refractivity contribution >= 4 is 77.6 Å². The number of halogens is 1. The third-order valence-corrected chi connectivity index (χ3v) is 8.74. The lowest BCUT2D eigenvalue weighted by Crippen LogP contribution is -1.99. The van der Waals surface area contributed by atoms with Crippen molar-refractivity contribution in [3.63, 3.8) is 0 Å². The highest BCUT2D eigenvalue weighted by atomic mass is 35.5. The van der Waals surface area contributed by atoms with Gasteiger partial charge in [-0.25, -0.2) is 9.97 Å². The Labute approximate surface area is 290 Å². The SMILES string of the molecule is COc1ccc(Cn2cc3c(n2)c(Cl)nc2ccc(OC)cc23)cc1.COc1ccc2nc(Nc3ccc4cn[nH]c4c3)c3[nH]ncc3c2c1. The first-order valence-electron chi connectivity index (χ1n) is 15.6. The summed E-state index contributed by atoms with van der Waals surface area (Å²) in [6.45, 7) is 0.639. The molecule has 3 N–H and O–H groups in total. The predicted octanol–water partition coefficient (Wildman–Crippen LogP) is 8.04. The summed E-state index contributed by atoms with van der Waals surface area (Å²) in [4.78, 5) is 9.19. The Morgan fingerprint density at radius 2 is 1.38 bits per heavy atom. The van der Waals surface area contributed by atoms with Crippen LogP contribution in [0.15, 0.2) is 97.5 Å². The fourth-order valence-corrected chi connectivity index (χ4v) is 6.16. The van der Waals surface area contributed by atoms with Gasteiger partial charge in [0.05, 0.1) is 56.8 Å². The van der Waals surface area contributed by atoms with Crippen LogP contribution in [0.5, 0.6) is 17.2 Å². The summed E-state index contributed by atoms with van der Waals surface area (Å²) in [7, 11) is 4.96. The zero-order valence-corrected chi connectivity index (χ0v) is 28.0. The molecule has 0 atom stereocenters. The van der Waals surface area contributed by atoms with Gasteiger partial charge in [0.1, 0.15) is 28.3 Å². The smallest absolute Gasteiger partial charge is 0.157 e. The number of rotatable bonds is 7. The van der Waals surface area contributed by atoms with Gasteiger partial charge in [-0.1, -0.05) is 23.7 Å². The molecule has 0 aliphatic rings. The van der Waals surface area contributed by atoms with Crippen LogP contribution >= 0.6 is 11.6 Å². The van der Waals surface area contributed by atoms with Gasteiger partial charge in [-0.05, 0) is 72.3 Å². The van der Waals surface area contributed by atoms with Gasteiger partial charge in [0.15, 0.2) is 11.0 Å². The predicted molar refractivity (Wildman–Crippen MR) is 196 cm³/mol. The quantitative estimate of drug-likeness (QED) is 0.142. The molecule has 9 rings (SSSR count). The number of nitrogens with one attached hydrogen (secondary N) is 3. The third kappa shape index (κ3) is 5.81. The summed E-state index contributed by atoms with van der Waals surface area (Å²) in [6.07, 6.45) is 5.60. The standard InChI is InChI=1S/C19H16ClN3O2.C18H14N6O/c1-24-13-5-3-12(4-6-13)10-23-11-16-15-9-14(25-2)7-8-17(15)21-19(20)18(16)22-23;1-25-12-4-5-15-13(7-12)14-9-20-24-17(14)18(22-15)21-11-3-2-10-8-19-23-16(10)6-11/h3-9,11H,10H2,1-2H3;2-9H,1H3,(H,19,23)(H,20,24)(H,21,22). The maximum absolute atomic E-state index is 6.33. The van der Waals surface area contributed by atoms with E-state index in [9.17, 15) is 0 Å². The molecule has 0 fully saturated rings. The molecular formula is C37H30ClN9O3. The monoisotopic (exact) mass is 683 g/mol. The lowest BCUT2D eigenvalue weighted by molar-refractivity contribution is 0.414. The van der Waals surface area contributed by atoms with Crippen LogP contribution in [-0.4, -0.2) is 61.5 Å². The lowest BCUT2D eigenvalue weighted by Gasteiger charge is -2.10. The number of pyridine rings is 2. The van der Waals surface area contributed by atoms with E-state index in [1.807, 2.05) is 95.9 Å². The first kappa shape index (κ1) is 30.9. The van der Waals surface area contributed by atoms with Crippen LogP contribution in [0.1, 0.15) is 5.56 Å². The molecule has 0 radical (unpaired) electrons. The van der Waals surface area contributed by atoms with E-state index in [1.54, 1.807) is 27.5 Å². The van der Waals surface area contributed by atoms with Gasteiger partial charge in [0.25, 0.3) is 0 Å². The van der Waals surface area contributed by atoms with E-state index in [0.29, 0.717) is 17.2 Å². The van der Waals surface area contributed by atoms with Crippen molar-refractivity contribution in [2.75, 3.05) is 26.6 Å². The van der Waals surface area contributed by atoms with Crippen LogP contribution in [0, 0.1) is 0 Å². The first-order chi connectivity index (χ1) is 24.5. The maximum Gasteiger partial charge on any atom is 0.157 e. The summed E-state index contributed by atoms with van der Waals surface area (Å²) in [6, 6.07) is 25.5. The summed E-state index contributed by atoms with van der Waals surface area (Å²) in [5.74, 6) is 3.13. The molecule has 0 amide bonds. The summed E-state index contributed by atoms with van der Waals surface area (Å²) in [5.41, 5.74) is 6.26. The molecule has 0 aliphatic heterocycles. The highest BCUT2D eigenvalue weighted by molar-refractivity contribution is 6.35. The second kappa shape index (κ2) is 12.9. The average Bonchev–Trinajstić information content (AvgIpc) is 3.93. The Hall–Kier alpha value is -6.40. The van der Waals surface area contributed by atoms with Gasteiger partial charge in [0, 0.05) is 38.8 Å². The molecule has 50 heavy (non-hydrogen) atoms. The summed E-state index contributed by atoms with van der Waals surface area (Å²) < 4.78 is 17.7. The molecule has 0 bridgehead atoms. The van der Waals surface area contributed by atoms with Crippen molar-refractivity contribution in [2.45, 2.75) is 6.54 Å². The van der Waals surface area contributed by atoms with Gasteiger partial charge in [-0.15, -0.1) is 0 Å². The summed E-state index contributed by atoms with van der Waals surface area (Å²) >= 11 is 6.33. The number of aromatic nitrogens is 8. The summed E-state index contributed by atoms with van der Waals surface area (Å²) in [5, 5.41) is 27.6. The van der Waals surface area contributed by atoms with Gasteiger partial charge < -0.3 is 19.5 Å². The Kier molecular flexibility index (Phi) is 7.97. The van der Waals surface area contributed by atoms with E-state index < -0.39 is 0 Å². The molecule has 0 unspecified atom stereocenters. The Bertz CT molecular complexity index is 2650. The first-order valence-corrected chi connectivity index (χ1v) is 16.0. The molecule has 12 nitrogen and oxygen atoms in total. The zero-order valence-electron chi connectivity index (χ0n) is 27.2. The Morgan fingerprint density at radius 1 is 0.700 bits per heavy atom. The number of nitrogens with zero attached hydrogens (tertiary/aromatic N) is 6. The Morgan fingerprint density at radius 3 is 2.12 bits per heavy atom. The van der Waals surface area contributed by atoms with Crippen molar-refractivity contribution in [2.24, 2.45) is 0 Å². The van der Waals surface area contributed by atoms with Crippen molar-refractivity contribution in [3.05, 3.63) is 108 Å². The maximum atomic E-state index is 6.33. The largest absolute Gasteiger partial charge is 0.497 e. The number of hydrogen-bond donors (Lipinski definition) is 3. The zero-order chi connectivity index (χ0) is 34.2. The number of benzene rings is 4. The van der Waals surface area contributed by atoms with Crippen molar-refractivity contribution < 1.29 is 14.2 Å². The molecule has 0 spiro atoms. The van der Waals surface area contributed by atoms with Crippen LogP contribution in [0.2, 0.25) is 5.15 Å². The topological polar surface area (TPSA) is 141 Å². The van der Waals surface area contributed by atoms with Gasteiger partial charge in [0.2, 0.25) is 0 Å². The minimum Gasteiger partial charge on any atom is -0.497 e. The van der Waals surface area contributed by atoms with Gasteiger partial charge >= 0.3 is 0 Å². The van der Waals surface area contributed by atoms with E-state index in [2.05, 4.69) is 35.8 Å². The molecule has 9 aromatic rings. The molecule has 0 aliphatic carbocycles. The molecule has 5 heterocycles. The van der Waals surface area contributed by atoms with Crippen molar-refractivity contribution in [3.8, 4) is 17.2 Å². The van der Waals surface area contributed by atoms with Crippen LogP contribution < -0.4 is 19.5 Å². The highest BCUT2D eigenvalue weighted by Crippen LogP contribution is 2.33. The molecule has 13 heteroatoms. The Balaban J connectivity index is 0.000000144. The van der Waals surface area contributed by atoms with Crippen LogP contribution in [0.25, 0.3) is 54.5 Å². The average molecular weight is 684 g/mol. The second-order valence-electron chi connectivity index (χ2n) is 11.5. The number of ether oxygens (including phenoxy) is 3. The van der Waals surface area contributed by atoms with Crippen LogP contribution in [0.3, 0.4) is 0 Å². The van der Waals surface area contributed by atoms with E-state index in [1.165, 1.54) is 0 Å². The number of anilines is 2. The molecule has 248 valence electrons. The molecule has 5 aromatic heterocycles. The number of methoxy groups -OCH3 is 3. The highest BCUT2D eigenvalue weighted by Gasteiger charge is 2.14. The lowest BCUT2D eigenvalue weighted by atomic mass is 10.1. The molecule has 4 aromatic carbocycles. The van der Waals surface area contributed by atoms with Crippen LogP contribution in [-0.2, 0) is 6.54 Å². The number of fused-ring (bicyclic) bond motifs is 7. The second-order valence-corrected chi connectivity index (χ2v) is 11.9. The number of aromatic amines is 2.